The standard InChI is InChI=1S/C18H15F2N5/c19-16(20)6-12-7-23-25-4-3-11(5-15(12)25)13-8-22-18-14(13)9-21-17(24-18)10-1-2-10/h3-5,7-10,16H,1-2,6H2,(H,21,22,24). The number of hydrogen-bond donors (Lipinski definition) is 1. The number of aromatic nitrogens is 5. The van der Waals surface area contributed by atoms with Crippen LogP contribution in [0.15, 0.2) is 36.9 Å². The summed E-state index contributed by atoms with van der Waals surface area (Å²) in [5, 5.41) is 5.08. The summed E-state index contributed by atoms with van der Waals surface area (Å²) in [4.78, 5) is 12.3. The van der Waals surface area contributed by atoms with Crippen LogP contribution in [0.5, 0.6) is 0 Å². The van der Waals surface area contributed by atoms with Gasteiger partial charge in [0.05, 0.1) is 11.7 Å². The Morgan fingerprint density at radius 1 is 1.28 bits per heavy atom. The molecule has 1 aliphatic carbocycles. The number of nitrogens with one attached hydrogen (secondary N) is 1. The van der Waals surface area contributed by atoms with Gasteiger partial charge in [-0.05, 0) is 30.5 Å². The van der Waals surface area contributed by atoms with Crippen molar-refractivity contribution >= 4 is 16.6 Å². The highest BCUT2D eigenvalue weighted by Crippen LogP contribution is 2.39. The molecule has 5 nitrogen and oxygen atoms in total. The second kappa shape index (κ2) is 5.34. The molecule has 25 heavy (non-hydrogen) atoms. The Morgan fingerprint density at radius 3 is 2.96 bits per heavy atom. The maximum absolute atomic E-state index is 12.8. The molecule has 0 amide bonds. The largest absolute Gasteiger partial charge is 0.345 e. The van der Waals surface area contributed by atoms with Crippen LogP contribution in [0.4, 0.5) is 8.78 Å². The van der Waals surface area contributed by atoms with Crippen molar-refractivity contribution in [3.05, 3.63) is 48.3 Å². The van der Waals surface area contributed by atoms with Gasteiger partial charge in [-0.15, -0.1) is 0 Å². The molecule has 1 aliphatic rings. The fraction of sp³-hybridized carbons (Fsp3) is 0.278. The van der Waals surface area contributed by atoms with Crippen LogP contribution in [-0.2, 0) is 6.42 Å². The molecule has 0 spiro atoms. The smallest absolute Gasteiger partial charge is 0.242 e. The molecule has 0 unspecified atom stereocenters. The van der Waals surface area contributed by atoms with Gasteiger partial charge in [-0.1, -0.05) is 0 Å². The predicted molar refractivity (Wildman–Crippen MR) is 89.8 cm³/mol. The Labute approximate surface area is 141 Å². The Kier molecular flexibility index (Phi) is 3.10. The lowest BCUT2D eigenvalue weighted by Gasteiger charge is -2.03. The maximum Gasteiger partial charge on any atom is 0.242 e. The Morgan fingerprint density at radius 2 is 2.16 bits per heavy atom. The lowest BCUT2D eigenvalue weighted by molar-refractivity contribution is 0.149. The van der Waals surface area contributed by atoms with Crippen LogP contribution in [0.1, 0.15) is 30.1 Å². The fourth-order valence-electron chi connectivity index (χ4n) is 3.22. The summed E-state index contributed by atoms with van der Waals surface area (Å²) < 4.78 is 27.1. The number of nitrogens with zero attached hydrogens (tertiary/aromatic N) is 4. The number of pyridine rings is 1. The van der Waals surface area contributed by atoms with Crippen LogP contribution in [0, 0.1) is 0 Å². The number of rotatable bonds is 4. The molecule has 0 aliphatic heterocycles. The van der Waals surface area contributed by atoms with Crippen molar-refractivity contribution in [1.29, 1.82) is 0 Å². The van der Waals surface area contributed by atoms with E-state index in [2.05, 4.69) is 20.1 Å². The first-order valence-corrected chi connectivity index (χ1v) is 8.28. The Balaban J connectivity index is 1.61. The predicted octanol–water partition coefficient (Wildman–Crippen LogP) is 3.96. The topological polar surface area (TPSA) is 58.9 Å². The van der Waals surface area contributed by atoms with E-state index in [4.69, 9.17) is 0 Å². The first-order valence-electron chi connectivity index (χ1n) is 8.28. The van der Waals surface area contributed by atoms with Gasteiger partial charge in [0.15, 0.2) is 0 Å². The number of halogens is 2. The Hall–Kier alpha value is -2.83. The third kappa shape index (κ3) is 2.47. The van der Waals surface area contributed by atoms with Gasteiger partial charge >= 0.3 is 0 Å². The second-order valence-electron chi connectivity index (χ2n) is 6.48. The van der Waals surface area contributed by atoms with Gasteiger partial charge in [0, 0.05) is 47.4 Å². The summed E-state index contributed by atoms with van der Waals surface area (Å²) in [5.74, 6) is 1.39. The van der Waals surface area contributed by atoms with Crippen LogP contribution in [0.3, 0.4) is 0 Å². The van der Waals surface area contributed by atoms with Crippen LogP contribution in [0.2, 0.25) is 0 Å². The van der Waals surface area contributed by atoms with Crippen molar-refractivity contribution in [2.24, 2.45) is 0 Å². The fourth-order valence-corrected chi connectivity index (χ4v) is 3.22. The van der Waals surface area contributed by atoms with Gasteiger partial charge < -0.3 is 4.98 Å². The lowest BCUT2D eigenvalue weighted by Crippen LogP contribution is -1.96. The summed E-state index contributed by atoms with van der Waals surface area (Å²) in [5.41, 5.74) is 3.95. The monoisotopic (exact) mass is 339 g/mol. The van der Waals surface area contributed by atoms with E-state index in [1.807, 2.05) is 24.5 Å². The van der Waals surface area contributed by atoms with Crippen molar-refractivity contribution in [3.63, 3.8) is 0 Å². The summed E-state index contributed by atoms with van der Waals surface area (Å²) in [7, 11) is 0. The molecule has 1 fully saturated rings. The van der Waals surface area contributed by atoms with Crippen LogP contribution < -0.4 is 0 Å². The molecule has 0 aromatic carbocycles. The first-order chi connectivity index (χ1) is 12.2. The summed E-state index contributed by atoms with van der Waals surface area (Å²) in [6, 6.07) is 3.81. The highest BCUT2D eigenvalue weighted by molar-refractivity contribution is 5.93. The van der Waals surface area contributed by atoms with E-state index in [1.165, 1.54) is 6.20 Å². The SMILES string of the molecule is FC(F)Cc1cnn2ccc(-c3c[nH]c4nc(C5CC5)ncc34)cc12. The minimum absolute atomic E-state index is 0.297. The zero-order chi connectivity index (χ0) is 17.0. The minimum Gasteiger partial charge on any atom is -0.345 e. The van der Waals surface area contributed by atoms with Crippen molar-refractivity contribution < 1.29 is 8.78 Å². The molecule has 0 bridgehead atoms. The van der Waals surface area contributed by atoms with Gasteiger partial charge in [-0.2, -0.15) is 5.10 Å². The van der Waals surface area contributed by atoms with Gasteiger partial charge in [-0.25, -0.2) is 23.3 Å². The molecule has 126 valence electrons. The van der Waals surface area contributed by atoms with E-state index in [0.29, 0.717) is 17.0 Å². The van der Waals surface area contributed by atoms with Crippen molar-refractivity contribution in [1.82, 2.24) is 24.6 Å². The third-order valence-corrected chi connectivity index (χ3v) is 4.68. The Bertz CT molecular complexity index is 1080. The van der Waals surface area contributed by atoms with Gasteiger partial charge in [-0.3, -0.25) is 0 Å². The zero-order valence-corrected chi connectivity index (χ0v) is 13.3. The molecular weight excluding hydrogens is 324 g/mol. The van der Waals surface area contributed by atoms with E-state index in [-0.39, 0.29) is 6.42 Å². The van der Waals surface area contributed by atoms with E-state index in [0.717, 1.165) is 40.8 Å². The average molecular weight is 339 g/mol. The van der Waals surface area contributed by atoms with E-state index >= 15 is 0 Å². The molecule has 7 heteroatoms. The molecule has 1 N–H and O–H groups in total. The molecule has 4 aromatic rings. The minimum atomic E-state index is -2.39. The number of aromatic amines is 1. The molecule has 4 heterocycles. The van der Waals surface area contributed by atoms with Crippen LogP contribution in [0.25, 0.3) is 27.7 Å². The summed E-state index contributed by atoms with van der Waals surface area (Å²) in [6.45, 7) is 0. The molecule has 1 saturated carbocycles. The van der Waals surface area contributed by atoms with E-state index in [9.17, 15) is 8.78 Å². The molecule has 5 rings (SSSR count). The quantitative estimate of drug-likeness (QED) is 0.612. The van der Waals surface area contributed by atoms with Gasteiger partial charge in [0.25, 0.3) is 0 Å². The van der Waals surface area contributed by atoms with E-state index in [1.54, 1.807) is 10.7 Å². The zero-order valence-electron chi connectivity index (χ0n) is 13.3. The summed E-state index contributed by atoms with van der Waals surface area (Å²) in [6.07, 6.45) is 6.67. The number of H-pyrrole nitrogens is 1. The molecule has 0 atom stereocenters. The molecule has 0 radical (unpaired) electrons. The average Bonchev–Trinajstić information content (AvgIpc) is 3.26. The highest BCUT2D eigenvalue weighted by atomic mass is 19.3. The summed E-state index contributed by atoms with van der Waals surface area (Å²) >= 11 is 0. The van der Waals surface area contributed by atoms with Crippen molar-refractivity contribution in [3.8, 4) is 11.1 Å². The van der Waals surface area contributed by atoms with Crippen LogP contribution >= 0.6 is 0 Å². The third-order valence-electron chi connectivity index (χ3n) is 4.68. The normalized spacial score (nSPS) is 14.8. The van der Waals surface area contributed by atoms with Crippen molar-refractivity contribution in [2.75, 3.05) is 0 Å². The lowest BCUT2D eigenvalue weighted by atomic mass is 10.1. The highest BCUT2D eigenvalue weighted by Gasteiger charge is 2.27. The van der Waals surface area contributed by atoms with Gasteiger partial charge in [0.2, 0.25) is 6.43 Å². The van der Waals surface area contributed by atoms with E-state index < -0.39 is 6.43 Å². The van der Waals surface area contributed by atoms with Crippen molar-refractivity contribution in [2.45, 2.75) is 31.6 Å². The molecule has 4 aromatic heterocycles. The number of fused-ring (bicyclic) bond motifs is 2. The number of hydrogen-bond acceptors (Lipinski definition) is 3. The molecule has 0 saturated heterocycles. The number of alkyl halides is 2. The molecular formula is C18H15F2N5. The van der Waals surface area contributed by atoms with Crippen LogP contribution in [-0.4, -0.2) is 31.0 Å². The maximum atomic E-state index is 12.8. The van der Waals surface area contributed by atoms with Gasteiger partial charge in [0.1, 0.15) is 11.5 Å². The first kappa shape index (κ1) is 14.5. The second-order valence-corrected chi connectivity index (χ2v) is 6.48.